The molecule has 4 nitrogen and oxygen atoms in total. The number of ether oxygens (including phenoxy) is 1. The van der Waals surface area contributed by atoms with E-state index in [9.17, 15) is 9.18 Å². The molecule has 2 aromatic rings. The maximum Gasteiger partial charge on any atom is 0.224 e. The lowest BCUT2D eigenvalue weighted by Crippen LogP contribution is -2.48. The fraction of sp³-hybridized carbons (Fsp3) is 0.500. The molecule has 1 N–H and O–H groups in total. The Morgan fingerprint density at radius 3 is 2.86 bits per heavy atom. The van der Waals surface area contributed by atoms with E-state index in [1.165, 1.54) is 11.3 Å². The highest BCUT2D eigenvalue weighted by Gasteiger charge is 2.43. The van der Waals surface area contributed by atoms with Gasteiger partial charge in [-0.2, -0.15) is 4.39 Å². The van der Waals surface area contributed by atoms with Crippen LogP contribution in [0, 0.1) is 11.0 Å². The van der Waals surface area contributed by atoms with E-state index < -0.39 is 0 Å². The van der Waals surface area contributed by atoms with Crippen LogP contribution in [0.3, 0.4) is 0 Å². The van der Waals surface area contributed by atoms with Crippen LogP contribution in [0.4, 0.5) is 4.39 Å². The summed E-state index contributed by atoms with van der Waals surface area (Å²) in [5.41, 5.74) is 1.74. The molecular formula is C22H26ClFN2O2S. The van der Waals surface area contributed by atoms with Crippen molar-refractivity contribution in [3.05, 3.63) is 56.5 Å². The van der Waals surface area contributed by atoms with Gasteiger partial charge in [0.05, 0.1) is 12.5 Å². The Morgan fingerprint density at radius 1 is 1.38 bits per heavy atom. The molecule has 1 aromatic heterocycles. The standard InChI is InChI=1S/C22H26ClFN2O2S/c1-25-21(27)17(12-15-4-2-3-5-18(15)23)14-26-9-7-22(8-10-26)20-16(6-11-28-22)13-19(24)29-20/h2-5,13,17H,6-12,14H2,1H3,(H,25,27)/t17-/m0/s1. The van der Waals surface area contributed by atoms with Crippen molar-refractivity contribution in [2.45, 2.75) is 31.3 Å². The number of benzene rings is 1. The Kier molecular flexibility index (Phi) is 6.25. The number of carbonyl (C=O) groups is 1. The van der Waals surface area contributed by atoms with Gasteiger partial charge in [0.1, 0.15) is 5.60 Å². The smallest absolute Gasteiger partial charge is 0.224 e. The molecule has 1 fully saturated rings. The zero-order valence-corrected chi connectivity index (χ0v) is 18.1. The van der Waals surface area contributed by atoms with Crippen LogP contribution in [-0.4, -0.2) is 44.1 Å². The summed E-state index contributed by atoms with van der Waals surface area (Å²) in [5.74, 6) is -0.141. The average molecular weight is 437 g/mol. The van der Waals surface area contributed by atoms with E-state index in [0.29, 0.717) is 24.6 Å². The van der Waals surface area contributed by atoms with Crippen molar-refractivity contribution < 1.29 is 13.9 Å². The minimum Gasteiger partial charge on any atom is -0.369 e. The van der Waals surface area contributed by atoms with Crippen LogP contribution in [0.1, 0.15) is 28.8 Å². The molecule has 156 valence electrons. The van der Waals surface area contributed by atoms with Gasteiger partial charge in [-0.05, 0) is 48.9 Å². The summed E-state index contributed by atoms with van der Waals surface area (Å²) in [4.78, 5) is 15.9. The topological polar surface area (TPSA) is 41.6 Å². The maximum absolute atomic E-state index is 13.8. The quantitative estimate of drug-likeness (QED) is 0.770. The van der Waals surface area contributed by atoms with Crippen LogP contribution in [0.25, 0.3) is 0 Å². The van der Waals surface area contributed by atoms with Crippen molar-refractivity contribution in [2.75, 3.05) is 33.3 Å². The number of fused-ring (bicyclic) bond motifs is 2. The van der Waals surface area contributed by atoms with Crippen LogP contribution in [-0.2, 0) is 28.0 Å². The monoisotopic (exact) mass is 436 g/mol. The summed E-state index contributed by atoms with van der Waals surface area (Å²) in [5, 5.41) is 3.37. The molecule has 3 heterocycles. The van der Waals surface area contributed by atoms with Gasteiger partial charge in [0.15, 0.2) is 5.13 Å². The van der Waals surface area contributed by atoms with Crippen LogP contribution in [0.5, 0.6) is 0 Å². The van der Waals surface area contributed by atoms with Crippen molar-refractivity contribution in [3.8, 4) is 0 Å². The predicted octanol–water partition coefficient (Wildman–Crippen LogP) is 4.01. The number of carbonyl (C=O) groups excluding carboxylic acids is 1. The van der Waals surface area contributed by atoms with Gasteiger partial charge in [0.2, 0.25) is 5.91 Å². The molecule has 1 saturated heterocycles. The Balaban J connectivity index is 1.43. The molecule has 29 heavy (non-hydrogen) atoms. The van der Waals surface area contributed by atoms with Crippen molar-refractivity contribution in [2.24, 2.45) is 5.92 Å². The number of amides is 1. The molecule has 0 saturated carbocycles. The van der Waals surface area contributed by atoms with E-state index in [4.69, 9.17) is 16.3 Å². The fourth-order valence-electron chi connectivity index (χ4n) is 4.54. The summed E-state index contributed by atoms with van der Waals surface area (Å²) in [6.07, 6.45) is 3.05. The first-order valence-electron chi connectivity index (χ1n) is 10.1. The summed E-state index contributed by atoms with van der Waals surface area (Å²) < 4.78 is 20.0. The first-order chi connectivity index (χ1) is 14.0. The van der Waals surface area contributed by atoms with Gasteiger partial charge in [-0.3, -0.25) is 4.79 Å². The number of thiophene rings is 1. The van der Waals surface area contributed by atoms with Gasteiger partial charge in [-0.15, -0.1) is 11.3 Å². The number of nitrogens with one attached hydrogen (secondary N) is 1. The molecule has 2 aliphatic heterocycles. The largest absolute Gasteiger partial charge is 0.369 e. The van der Waals surface area contributed by atoms with Crippen LogP contribution < -0.4 is 5.32 Å². The second kappa shape index (κ2) is 8.72. The van der Waals surface area contributed by atoms with E-state index in [-0.39, 0.29) is 22.6 Å². The molecule has 0 bridgehead atoms. The van der Waals surface area contributed by atoms with Crippen molar-refractivity contribution in [1.82, 2.24) is 10.2 Å². The van der Waals surface area contributed by atoms with Crippen molar-refractivity contribution >= 4 is 28.8 Å². The first kappa shape index (κ1) is 20.8. The molecule has 2 aliphatic rings. The summed E-state index contributed by atoms with van der Waals surface area (Å²) in [7, 11) is 1.68. The number of nitrogens with zero attached hydrogens (tertiary/aromatic N) is 1. The van der Waals surface area contributed by atoms with Crippen LogP contribution >= 0.6 is 22.9 Å². The van der Waals surface area contributed by atoms with E-state index >= 15 is 0 Å². The lowest BCUT2D eigenvalue weighted by molar-refractivity contribution is -0.126. The molecule has 4 rings (SSSR count). The van der Waals surface area contributed by atoms with E-state index in [1.54, 1.807) is 13.1 Å². The third-order valence-corrected chi connectivity index (χ3v) is 7.65. The van der Waals surface area contributed by atoms with E-state index in [2.05, 4.69) is 10.2 Å². The lowest BCUT2D eigenvalue weighted by atomic mass is 9.85. The first-order valence-corrected chi connectivity index (χ1v) is 11.3. The number of halogens is 2. The molecule has 0 unspecified atom stereocenters. The van der Waals surface area contributed by atoms with Gasteiger partial charge in [0, 0.05) is 36.6 Å². The van der Waals surface area contributed by atoms with Gasteiger partial charge >= 0.3 is 0 Å². The molecule has 1 spiro atoms. The van der Waals surface area contributed by atoms with Crippen molar-refractivity contribution in [3.63, 3.8) is 0 Å². The maximum atomic E-state index is 13.8. The van der Waals surface area contributed by atoms with Crippen LogP contribution in [0.15, 0.2) is 30.3 Å². The van der Waals surface area contributed by atoms with Gasteiger partial charge in [-0.25, -0.2) is 0 Å². The number of hydrogen-bond acceptors (Lipinski definition) is 4. The van der Waals surface area contributed by atoms with E-state index in [1.807, 2.05) is 24.3 Å². The Morgan fingerprint density at radius 2 is 2.14 bits per heavy atom. The summed E-state index contributed by atoms with van der Waals surface area (Å²) >= 11 is 7.55. The second-order valence-corrected chi connectivity index (χ2v) is 9.31. The molecular weight excluding hydrogens is 411 g/mol. The Hall–Kier alpha value is -1.47. The second-order valence-electron chi connectivity index (χ2n) is 7.90. The molecule has 0 aliphatic carbocycles. The minimum atomic E-state index is -0.357. The van der Waals surface area contributed by atoms with Crippen molar-refractivity contribution in [1.29, 1.82) is 0 Å². The zero-order valence-electron chi connectivity index (χ0n) is 16.5. The molecule has 1 aromatic carbocycles. The molecule has 1 atom stereocenters. The molecule has 0 radical (unpaired) electrons. The summed E-state index contributed by atoms with van der Waals surface area (Å²) in [6, 6.07) is 9.36. The van der Waals surface area contributed by atoms with Gasteiger partial charge in [0.25, 0.3) is 0 Å². The highest BCUT2D eigenvalue weighted by atomic mass is 35.5. The average Bonchev–Trinajstić information content (AvgIpc) is 3.12. The third-order valence-electron chi connectivity index (χ3n) is 6.13. The molecule has 7 heteroatoms. The lowest BCUT2D eigenvalue weighted by Gasteiger charge is -2.44. The Bertz CT molecular complexity index is 879. The predicted molar refractivity (Wildman–Crippen MR) is 114 cm³/mol. The highest BCUT2D eigenvalue weighted by molar-refractivity contribution is 7.10. The zero-order chi connectivity index (χ0) is 20.4. The normalized spacial score (nSPS) is 19.7. The number of likely N-dealkylation sites (tertiary alicyclic amines) is 1. The summed E-state index contributed by atoms with van der Waals surface area (Å²) in [6.45, 7) is 2.98. The SMILES string of the molecule is CNC(=O)[C@@H](Cc1ccccc1Cl)CN1CCC2(CC1)OCCc1cc(F)sc12. The number of hydrogen-bond donors (Lipinski definition) is 1. The number of rotatable bonds is 5. The Labute approximate surface area is 180 Å². The minimum absolute atomic E-state index is 0.0294. The van der Waals surface area contributed by atoms with E-state index in [0.717, 1.165) is 48.4 Å². The number of piperidine rings is 1. The molecule has 1 amide bonds. The highest BCUT2D eigenvalue weighted by Crippen LogP contribution is 2.45. The van der Waals surface area contributed by atoms with Gasteiger partial charge < -0.3 is 15.0 Å². The van der Waals surface area contributed by atoms with Crippen LogP contribution in [0.2, 0.25) is 5.02 Å². The van der Waals surface area contributed by atoms with Gasteiger partial charge in [-0.1, -0.05) is 29.8 Å². The fourth-order valence-corrected chi connectivity index (χ4v) is 5.89. The third kappa shape index (κ3) is 4.36.